The van der Waals surface area contributed by atoms with Crippen molar-refractivity contribution in [3.8, 4) is 0 Å². The van der Waals surface area contributed by atoms with Gasteiger partial charge in [0.1, 0.15) is 11.1 Å². The van der Waals surface area contributed by atoms with Gasteiger partial charge in [0.15, 0.2) is 12.4 Å². The molecule has 0 saturated heterocycles. The third-order valence-corrected chi connectivity index (χ3v) is 8.32. The van der Waals surface area contributed by atoms with E-state index in [1.54, 1.807) is 17.4 Å². The van der Waals surface area contributed by atoms with E-state index in [-0.39, 0.29) is 22.8 Å². The zero-order valence-corrected chi connectivity index (χ0v) is 21.3. The number of benzene rings is 1. The molecular formula is C25H25N5O5S2. The molecule has 1 aliphatic carbocycles. The Morgan fingerprint density at radius 1 is 1.24 bits per heavy atom. The normalized spacial score (nSPS) is 17.3. The summed E-state index contributed by atoms with van der Waals surface area (Å²) in [6.45, 7) is 0.400. The number of nitrogens with one attached hydrogen (secondary N) is 3. The quantitative estimate of drug-likeness (QED) is 0.207. The second-order valence-corrected chi connectivity index (χ2v) is 11.5. The van der Waals surface area contributed by atoms with Crippen LogP contribution < -0.4 is 20.5 Å². The minimum atomic E-state index is -3.88. The van der Waals surface area contributed by atoms with Crippen molar-refractivity contribution < 1.29 is 22.7 Å². The summed E-state index contributed by atoms with van der Waals surface area (Å²) < 4.78 is 24.2. The lowest BCUT2D eigenvalue weighted by molar-refractivity contribution is -0.605. The predicted octanol–water partition coefficient (Wildman–Crippen LogP) is 1.53. The van der Waals surface area contributed by atoms with Crippen LogP contribution in [0.15, 0.2) is 64.4 Å². The van der Waals surface area contributed by atoms with Gasteiger partial charge in [-0.3, -0.25) is 9.59 Å². The number of pyridine rings is 1. The van der Waals surface area contributed by atoms with Crippen molar-refractivity contribution >= 4 is 44.1 Å². The number of hydrogen-bond acceptors (Lipinski definition) is 6. The second kappa shape index (κ2) is 9.61. The molecule has 5 N–H and O–H groups in total. The third kappa shape index (κ3) is 5.08. The molecular weight excluding hydrogens is 514 g/mol. The van der Waals surface area contributed by atoms with E-state index in [1.165, 1.54) is 30.5 Å². The average Bonchev–Trinajstić information content (AvgIpc) is 3.50. The van der Waals surface area contributed by atoms with Crippen LogP contribution in [-0.2, 0) is 34.1 Å². The van der Waals surface area contributed by atoms with Crippen molar-refractivity contribution in [1.82, 2.24) is 15.6 Å². The summed E-state index contributed by atoms with van der Waals surface area (Å²) in [5.41, 5.74) is 2.27. The Morgan fingerprint density at radius 2 is 2.08 bits per heavy atom. The minimum Gasteiger partial charge on any atom is -0.619 e. The van der Waals surface area contributed by atoms with E-state index in [0.29, 0.717) is 36.1 Å². The molecule has 12 heteroatoms. The Balaban J connectivity index is 1.47. The van der Waals surface area contributed by atoms with Crippen LogP contribution in [0.25, 0.3) is 10.9 Å². The highest BCUT2D eigenvalue weighted by molar-refractivity contribution is 7.89. The molecule has 3 heterocycles. The smallest absolute Gasteiger partial charge is 0.258 e. The summed E-state index contributed by atoms with van der Waals surface area (Å²) in [5.74, 6) is -0.846. The lowest BCUT2D eigenvalue weighted by Crippen LogP contribution is -2.61. The van der Waals surface area contributed by atoms with Gasteiger partial charge in [0.05, 0.1) is 4.90 Å². The summed E-state index contributed by atoms with van der Waals surface area (Å²) in [5, 5.41) is 27.7. The number of nitrogens with two attached hydrogens (primary N) is 1. The molecule has 192 valence electrons. The molecule has 2 amide bonds. The first-order valence-electron chi connectivity index (χ1n) is 11.6. The third-order valence-electron chi connectivity index (χ3n) is 6.68. The lowest BCUT2D eigenvalue weighted by Gasteiger charge is -2.36. The van der Waals surface area contributed by atoms with Crippen LogP contribution in [0.4, 0.5) is 0 Å². The van der Waals surface area contributed by atoms with Crippen LogP contribution in [0.2, 0.25) is 0 Å². The Hall–Kier alpha value is -3.74. The Kier molecular flexibility index (Phi) is 6.48. The van der Waals surface area contributed by atoms with Crippen LogP contribution in [0, 0.1) is 5.21 Å². The van der Waals surface area contributed by atoms with Gasteiger partial charge in [-0.05, 0) is 65.4 Å². The van der Waals surface area contributed by atoms with Gasteiger partial charge in [-0.2, -0.15) is 16.1 Å². The van der Waals surface area contributed by atoms with E-state index in [9.17, 15) is 23.2 Å². The number of amides is 2. The van der Waals surface area contributed by atoms with Crippen LogP contribution in [0.3, 0.4) is 0 Å². The maximum atomic E-state index is 13.6. The summed E-state index contributed by atoms with van der Waals surface area (Å²) in [6.07, 6.45) is 4.04. The van der Waals surface area contributed by atoms with Gasteiger partial charge in [0.25, 0.3) is 5.91 Å². The number of carbonyl (C=O) groups excluding carboxylic acids is 2. The highest BCUT2D eigenvalue weighted by atomic mass is 32.2. The molecule has 0 bridgehead atoms. The van der Waals surface area contributed by atoms with Gasteiger partial charge < -0.3 is 20.8 Å². The number of rotatable bonds is 7. The van der Waals surface area contributed by atoms with E-state index >= 15 is 0 Å². The minimum absolute atomic E-state index is 0.0145. The monoisotopic (exact) mass is 539 g/mol. The Morgan fingerprint density at radius 3 is 2.81 bits per heavy atom. The molecule has 37 heavy (non-hydrogen) atoms. The zero-order valence-electron chi connectivity index (χ0n) is 19.7. The van der Waals surface area contributed by atoms with Gasteiger partial charge in [0, 0.05) is 35.6 Å². The summed E-state index contributed by atoms with van der Waals surface area (Å²) in [6, 6.07) is 9.54. The van der Waals surface area contributed by atoms with Gasteiger partial charge in [0.2, 0.25) is 15.9 Å². The van der Waals surface area contributed by atoms with E-state index in [4.69, 9.17) is 5.14 Å². The van der Waals surface area contributed by atoms with Crippen molar-refractivity contribution in [3.63, 3.8) is 0 Å². The van der Waals surface area contributed by atoms with Crippen molar-refractivity contribution in [1.29, 1.82) is 0 Å². The number of thiophene rings is 1. The first-order valence-corrected chi connectivity index (χ1v) is 14.1. The highest BCUT2D eigenvalue weighted by Crippen LogP contribution is 2.35. The molecule has 1 aliphatic rings. The van der Waals surface area contributed by atoms with Crippen molar-refractivity contribution in [2.75, 3.05) is 6.54 Å². The van der Waals surface area contributed by atoms with E-state index < -0.39 is 21.5 Å². The number of H-pyrrole nitrogens is 1. The molecule has 0 saturated carbocycles. The molecule has 4 aromatic rings. The number of carbonyl (C=O) groups is 2. The highest BCUT2D eigenvalue weighted by Gasteiger charge is 2.44. The second-order valence-electron chi connectivity index (χ2n) is 9.14. The summed E-state index contributed by atoms with van der Waals surface area (Å²) in [4.78, 5) is 30.1. The number of aromatic amines is 1. The Bertz CT molecular complexity index is 1600. The number of fused-ring (bicyclic) bond motifs is 3. The molecule has 1 unspecified atom stereocenters. The number of primary sulfonamides is 1. The fraction of sp³-hybridized carbons (Fsp3) is 0.240. The largest absolute Gasteiger partial charge is 0.619 e. The molecule has 1 aromatic carbocycles. The van der Waals surface area contributed by atoms with E-state index in [1.807, 2.05) is 16.8 Å². The molecule has 10 nitrogen and oxygen atoms in total. The standard InChI is InChI=1S/C25H25N5O5S2/c26-37(34,35)18-3-4-19-20-13-25(8-5-21(20)28-22(19)12-18,24(32)27-9-6-16-7-11-36-15-16)29-23(31)17-2-1-10-30(33)14-17/h1-4,7,10-12,14-15,28H,5-6,8-9,13H2,(H,27,32)(H,29,31)(H2,26,34,35). The molecule has 0 aliphatic heterocycles. The molecule has 1 atom stereocenters. The molecule has 3 aromatic heterocycles. The van der Waals surface area contributed by atoms with Crippen LogP contribution >= 0.6 is 11.3 Å². The number of hydrogen-bond donors (Lipinski definition) is 4. The topological polar surface area (TPSA) is 161 Å². The van der Waals surface area contributed by atoms with Gasteiger partial charge in [-0.25, -0.2) is 13.6 Å². The average molecular weight is 540 g/mol. The van der Waals surface area contributed by atoms with Gasteiger partial charge in [-0.1, -0.05) is 6.07 Å². The van der Waals surface area contributed by atoms with Gasteiger partial charge >= 0.3 is 0 Å². The SMILES string of the molecule is NS(=O)(=O)c1ccc2c3c([nH]c2c1)CCC(NC(=O)c1ccc[n+]([O-])c1)(C(=O)NCCc1ccsc1)C3. The van der Waals surface area contributed by atoms with Crippen molar-refractivity contribution in [2.45, 2.75) is 36.1 Å². The van der Waals surface area contributed by atoms with Crippen LogP contribution in [-0.4, -0.2) is 37.3 Å². The fourth-order valence-electron chi connectivity index (χ4n) is 4.77. The van der Waals surface area contributed by atoms with Gasteiger partial charge in [-0.15, -0.1) is 0 Å². The summed E-state index contributed by atoms with van der Waals surface area (Å²) in [7, 11) is -3.88. The maximum Gasteiger partial charge on any atom is 0.258 e. The zero-order chi connectivity index (χ0) is 26.2. The van der Waals surface area contributed by atoms with Crippen LogP contribution in [0.5, 0.6) is 0 Å². The number of aromatic nitrogens is 2. The number of sulfonamides is 1. The first kappa shape index (κ1) is 24.9. The fourth-order valence-corrected chi connectivity index (χ4v) is 6.01. The lowest BCUT2D eigenvalue weighted by atomic mass is 9.78. The maximum absolute atomic E-state index is 13.6. The van der Waals surface area contributed by atoms with Crippen molar-refractivity contribution in [2.24, 2.45) is 5.14 Å². The first-order chi connectivity index (χ1) is 17.6. The number of nitrogens with zero attached hydrogens (tertiary/aromatic N) is 1. The Labute approximate surface area is 217 Å². The molecule has 0 radical (unpaired) electrons. The van der Waals surface area contributed by atoms with Crippen LogP contribution in [0.1, 0.15) is 33.6 Å². The van der Waals surface area contributed by atoms with Crippen molar-refractivity contribution in [3.05, 3.63) is 87.1 Å². The summed E-state index contributed by atoms with van der Waals surface area (Å²) >= 11 is 1.58. The number of aryl methyl sites for hydroxylation is 1. The van der Waals surface area contributed by atoms with E-state index in [2.05, 4.69) is 15.6 Å². The molecule has 0 spiro atoms. The molecule has 5 rings (SSSR count). The van der Waals surface area contributed by atoms with E-state index in [0.717, 1.165) is 28.4 Å². The molecule has 0 fully saturated rings. The predicted molar refractivity (Wildman–Crippen MR) is 138 cm³/mol.